The Morgan fingerprint density at radius 1 is 1.53 bits per heavy atom. The predicted octanol–water partition coefficient (Wildman–Crippen LogP) is 2.56. The van der Waals surface area contributed by atoms with Crippen LogP contribution in [-0.4, -0.2) is 9.55 Å². The van der Waals surface area contributed by atoms with Gasteiger partial charge in [-0.1, -0.05) is 23.7 Å². The fourth-order valence-electron chi connectivity index (χ4n) is 1.53. The van der Waals surface area contributed by atoms with E-state index in [1.807, 2.05) is 0 Å². The molecule has 0 unspecified atom stereocenters. The third kappa shape index (κ3) is 2.77. The summed E-state index contributed by atoms with van der Waals surface area (Å²) >= 11 is 7.50. The van der Waals surface area contributed by atoms with Crippen LogP contribution in [-0.2, 0) is 6.54 Å². The van der Waals surface area contributed by atoms with E-state index in [0.717, 1.165) is 0 Å². The molecule has 0 N–H and O–H groups in total. The van der Waals surface area contributed by atoms with Crippen molar-refractivity contribution in [3.63, 3.8) is 0 Å². The van der Waals surface area contributed by atoms with Gasteiger partial charge in [0.05, 0.1) is 18.4 Å². The topological polar surface area (TPSA) is 58.7 Å². The van der Waals surface area contributed by atoms with Crippen molar-refractivity contribution in [2.24, 2.45) is 0 Å². The standard InChI is InChI=1S/C12H6ClFIN3O/c13-11-10(15)12(19)18(6-17-11)5-8-3-1-2-7(4-16)9(8)14/h1-3,6H,5H2. The number of nitriles is 1. The Bertz CT molecular complexity index is 739. The van der Waals surface area contributed by atoms with E-state index in [-0.39, 0.29) is 32.0 Å². The molecule has 0 aliphatic heterocycles. The Morgan fingerprint density at radius 3 is 2.95 bits per heavy atom. The van der Waals surface area contributed by atoms with Gasteiger partial charge < -0.3 is 0 Å². The van der Waals surface area contributed by atoms with Crippen LogP contribution in [0.25, 0.3) is 0 Å². The van der Waals surface area contributed by atoms with Crippen molar-refractivity contribution >= 4 is 34.2 Å². The Kier molecular flexibility index (Phi) is 4.17. The van der Waals surface area contributed by atoms with Gasteiger partial charge in [0.25, 0.3) is 5.56 Å². The maximum Gasteiger partial charge on any atom is 0.268 e. The van der Waals surface area contributed by atoms with Gasteiger partial charge in [0, 0.05) is 5.56 Å². The van der Waals surface area contributed by atoms with Crippen LogP contribution in [0.15, 0.2) is 29.3 Å². The van der Waals surface area contributed by atoms with Crippen LogP contribution in [0, 0.1) is 20.7 Å². The van der Waals surface area contributed by atoms with Gasteiger partial charge in [-0.05, 0) is 28.7 Å². The van der Waals surface area contributed by atoms with Gasteiger partial charge >= 0.3 is 0 Å². The Balaban J connectivity index is 2.46. The van der Waals surface area contributed by atoms with Crippen molar-refractivity contribution in [2.45, 2.75) is 6.54 Å². The minimum absolute atomic E-state index is 0.000354. The molecule has 19 heavy (non-hydrogen) atoms. The Hall–Kier alpha value is -1.46. The van der Waals surface area contributed by atoms with Crippen molar-refractivity contribution in [3.8, 4) is 6.07 Å². The van der Waals surface area contributed by atoms with E-state index < -0.39 is 5.82 Å². The average Bonchev–Trinajstić information content (AvgIpc) is 2.41. The first-order valence-corrected chi connectivity index (χ1v) is 6.58. The summed E-state index contributed by atoms with van der Waals surface area (Å²) in [6.45, 7) is 0.000354. The number of hydrogen-bond donors (Lipinski definition) is 0. The van der Waals surface area contributed by atoms with Crippen molar-refractivity contribution in [1.82, 2.24) is 9.55 Å². The van der Waals surface area contributed by atoms with E-state index in [1.165, 1.54) is 23.0 Å². The summed E-state index contributed by atoms with van der Waals surface area (Å²) in [4.78, 5) is 15.7. The first-order chi connectivity index (χ1) is 9.04. The van der Waals surface area contributed by atoms with E-state index in [9.17, 15) is 9.18 Å². The minimum Gasteiger partial charge on any atom is -0.294 e. The highest BCUT2D eigenvalue weighted by Crippen LogP contribution is 2.14. The van der Waals surface area contributed by atoms with Crippen LogP contribution in [0.1, 0.15) is 11.1 Å². The van der Waals surface area contributed by atoms with Gasteiger partial charge in [0.1, 0.15) is 20.6 Å². The molecule has 1 aromatic carbocycles. The smallest absolute Gasteiger partial charge is 0.268 e. The second-order valence-corrected chi connectivity index (χ2v) is 5.11. The van der Waals surface area contributed by atoms with E-state index in [2.05, 4.69) is 4.98 Å². The van der Waals surface area contributed by atoms with Gasteiger partial charge in [-0.2, -0.15) is 5.26 Å². The molecule has 0 saturated heterocycles. The van der Waals surface area contributed by atoms with Gasteiger partial charge in [0.2, 0.25) is 0 Å². The van der Waals surface area contributed by atoms with Crippen LogP contribution in [0.4, 0.5) is 4.39 Å². The first-order valence-electron chi connectivity index (χ1n) is 5.12. The second kappa shape index (κ2) is 5.67. The molecule has 0 aliphatic rings. The number of nitrogens with zero attached hydrogens (tertiary/aromatic N) is 3. The summed E-state index contributed by atoms with van der Waals surface area (Å²) in [6, 6.07) is 6.22. The third-order valence-corrected chi connectivity index (χ3v) is 4.06. The quantitative estimate of drug-likeness (QED) is 0.586. The molecule has 0 fully saturated rings. The maximum atomic E-state index is 13.9. The lowest BCUT2D eigenvalue weighted by Crippen LogP contribution is -2.24. The largest absolute Gasteiger partial charge is 0.294 e. The van der Waals surface area contributed by atoms with Crippen molar-refractivity contribution in [3.05, 3.63) is 60.5 Å². The van der Waals surface area contributed by atoms with Crippen molar-refractivity contribution in [2.75, 3.05) is 0 Å². The second-order valence-electron chi connectivity index (χ2n) is 3.67. The van der Waals surface area contributed by atoms with E-state index in [4.69, 9.17) is 16.9 Å². The zero-order valence-corrected chi connectivity index (χ0v) is 12.3. The summed E-state index contributed by atoms with van der Waals surface area (Å²) < 4.78 is 15.4. The average molecular weight is 390 g/mol. The summed E-state index contributed by atoms with van der Waals surface area (Å²) in [5, 5.41) is 8.87. The molecular formula is C12H6ClFIN3O. The number of rotatable bonds is 2. The van der Waals surface area contributed by atoms with E-state index in [1.54, 1.807) is 34.7 Å². The summed E-state index contributed by atoms with van der Waals surface area (Å²) in [6.07, 6.45) is 1.26. The van der Waals surface area contributed by atoms with E-state index in [0.29, 0.717) is 0 Å². The fraction of sp³-hybridized carbons (Fsp3) is 0.0833. The van der Waals surface area contributed by atoms with Crippen LogP contribution < -0.4 is 5.56 Å². The van der Waals surface area contributed by atoms with Crippen LogP contribution in [0.2, 0.25) is 5.15 Å². The molecule has 2 aromatic rings. The lowest BCUT2D eigenvalue weighted by molar-refractivity contribution is 0.590. The lowest BCUT2D eigenvalue weighted by atomic mass is 10.1. The highest BCUT2D eigenvalue weighted by atomic mass is 127. The summed E-state index contributed by atoms with van der Waals surface area (Å²) in [5.74, 6) is -0.623. The monoisotopic (exact) mass is 389 g/mol. The molecule has 96 valence electrons. The molecule has 2 rings (SSSR count). The summed E-state index contributed by atoms with van der Waals surface area (Å²) in [7, 11) is 0. The van der Waals surface area contributed by atoms with Crippen LogP contribution in [0.5, 0.6) is 0 Å². The maximum absolute atomic E-state index is 13.9. The molecule has 0 atom stereocenters. The number of halogens is 3. The number of hydrogen-bond acceptors (Lipinski definition) is 3. The molecule has 0 amide bonds. The molecule has 4 nitrogen and oxygen atoms in total. The Labute approximate surface area is 126 Å². The number of aromatic nitrogens is 2. The third-order valence-electron chi connectivity index (χ3n) is 2.48. The van der Waals surface area contributed by atoms with Crippen molar-refractivity contribution < 1.29 is 4.39 Å². The van der Waals surface area contributed by atoms with Gasteiger partial charge in [-0.3, -0.25) is 9.36 Å². The SMILES string of the molecule is N#Cc1cccc(Cn2cnc(Cl)c(I)c2=O)c1F. The van der Waals surface area contributed by atoms with Gasteiger partial charge in [-0.15, -0.1) is 0 Å². The number of benzene rings is 1. The molecule has 0 radical (unpaired) electrons. The molecule has 1 heterocycles. The van der Waals surface area contributed by atoms with Crippen molar-refractivity contribution in [1.29, 1.82) is 5.26 Å². The minimum atomic E-state index is -0.623. The Morgan fingerprint density at radius 2 is 2.26 bits per heavy atom. The molecular weight excluding hydrogens is 384 g/mol. The van der Waals surface area contributed by atoms with Crippen LogP contribution in [0.3, 0.4) is 0 Å². The zero-order valence-electron chi connectivity index (χ0n) is 9.40. The van der Waals surface area contributed by atoms with E-state index >= 15 is 0 Å². The highest BCUT2D eigenvalue weighted by molar-refractivity contribution is 14.1. The zero-order chi connectivity index (χ0) is 14.0. The molecule has 0 spiro atoms. The molecule has 1 aromatic heterocycles. The normalized spacial score (nSPS) is 10.2. The highest BCUT2D eigenvalue weighted by Gasteiger charge is 2.11. The van der Waals surface area contributed by atoms with Crippen LogP contribution >= 0.6 is 34.2 Å². The first kappa shape index (κ1) is 14.0. The molecule has 7 heteroatoms. The van der Waals surface area contributed by atoms with Gasteiger partial charge in [-0.25, -0.2) is 9.37 Å². The fourth-order valence-corrected chi connectivity index (χ4v) is 2.10. The predicted molar refractivity (Wildman–Crippen MR) is 76.4 cm³/mol. The lowest BCUT2D eigenvalue weighted by Gasteiger charge is -2.08. The molecule has 0 saturated carbocycles. The molecule has 0 aliphatic carbocycles. The summed E-state index contributed by atoms with van der Waals surface area (Å²) in [5.41, 5.74) is -0.148. The van der Waals surface area contributed by atoms with Gasteiger partial charge in [0.15, 0.2) is 0 Å². The molecule has 0 bridgehead atoms.